The molecule has 0 aliphatic heterocycles. The molecule has 0 aliphatic rings. The first-order chi connectivity index (χ1) is 9.17. The topological polar surface area (TPSA) is 78.8 Å². The molecule has 102 valence electrons. The molecule has 0 saturated heterocycles. The fourth-order valence-corrected chi connectivity index (χ4v) is 2.09. The summed E-state index contributed by atoms with van der Waals surface area (Å²) in [6.07, 6.45) is 2.12. The van der Waals surface area contributed by atoms with Gasteiger partial charge in [0.2, 0.25) is 0 Å². The number of nitrogen functional groups attached to an aromatic ring is 1. The third-order valence-corrected chi connectivity index (χ3v) is 3.10. The van der Waals surface area contributed by atoms with Crippen LogP contribution in [0.15, 0.2) is 18.2 Å². The second kappa shape index (κ2) is 5.69. The molecule has 0 spiro atoms. The predicted octanol–water partition coefficient (Wildman–Crippen LogP) is 2.29. The molecule has 2 aromatic rings. The molecule has 19 heavy (non-hydrogen) atoms. The Balaban J connectivity index is 2.37. The number of benzene rings is 1. The molecule has 1 heterocycles. The van der Waals surface area contributed by atoms with E-state index in [0.29, 0.717) is 11.4 Å². The van der Waals surface area contributed by atoms with Crippen LogP contribution in [0.1, 0.15) is 32.7 Å². The molecule has 6 heteroatoms. The van der Waals surface area contributed by atoms with Gasteiger partial charge in [-0.05, 0) is 42.0 Å². The molecule has 1 aromatic carbocycles. The molecular formula is C13H19N5O. The summed E-state index contributed by atoms with van der Waals surface area (Å²) in [5, 5.41) is 11.9. The van der Waals surface area contributed by atoms with Gasteiger partial charge in [0.05, 0.1) is 18.8 Å². The van der Waals surface area contributed by atoms with Crippen molar-refractivity contribution in [3.8, 4) is 17.1 Å². The number of ether oxygens (including phenoxy) is 1. The van der Waals surface area contributed by atoms with Gasteiger partial charge in [-0.1, -0.05) is 13.3 Å². The van der Waals surface area contributed by atoms with Crippen molar-refractivity contribution in [3.05, 3.63) is 18.2 Å². The van der Waals surface area contributed by atoms with E-state index in [0.717, 1.165) is 24.2 Å². The molecule has 0 radical (unpaired) electrons. The van der Waals surface area contributed by atoms with E-state index >= 15 is 0 Å². The highest BCUT2D eigenvalue weighted by Gasteiger charge is 2.15. The minimum absolute atomic E-state index is 0.262. The zero-order valence-corrected chi connectivity index (χ0v) is 11.5. The Labute approximate surface area is 112 Å². The van der Waals surface area contributed by atoms with Gasteiger partial charge in [0.25, 0.3) is 0 Å². The van der Waals surface area contributed by atoms with Crippen molar-refractivity contribution in [2.24, 2.45) is 0 Å². The SMILES string of the molecule is CCCC(C)n1nnnc1-c1ccc(OC)c(N)c1. The number of hydrogen-bond acceptors (Lipinski definition) is 5. The van der Waals surface area contributed by atoms with Crippen LogP contribution >= 0.6 is 0 Å². The predicted molar refractivity (Wildman–Crippen MR) is 73.8 cm³/mol. The van der Waals surface area contributed by atoms with Gasteiger partial charge in [-0.25, -0.2) is 4.68 Å². The summed E-state index contributed by atoms with van der Waals surface area (Å²) >= 11 is 0. The quantitative estimate of drug-likeness (QED) is 0.835. The average Bonchev–Trinajstić information content (AvgIpc) is 2.88. The molecule has 0 saturated carbocycles. The van der Waals surface area contributed by atoms with Crippen LogP contribution in [0.3, 0.4) is 0 Å². The van der Waals surface area contributed by atoms with Crippen LogP contribution in [0.2, 0.25) is 0 Å². The lowest BCUT2D eigenvalue weighted by Crippen LogP contribution is -2.09. The second-order valence-corrected chi connectivity index (χ2v) is 4.54. The van der Waals surface area contributed by atoms with Crippen molar-refractivity contribution in [3.63, 3.8) is 0 Å². The van der Waals surface area contributed by atoms with E-state index in [9.17, 15) is 0 Å². The third kappa shape index (κ3) is 2.67. The minimum Gasteiger partial charge on any atom is -0.495 e. The molecule has 0 bridgehead atoms. The van der Waals surface area contributed by atoms with E-state index in [1.54, 1.807) is 7.11 Å². The molecule has 1 aromatic heterocycles. The maximum Gasteiger partial charge on any atom is 0.182 e. The Morgan fingerprint density at radius 1 is 1.42 bits per heavy atom. The van der Waals surface area contributed by atoms with Crippen LogP contribution in [0.25, 0.3) is 11.4 Å². The van der Waals surface area contributed by atoms with E-state index in [2.05, 4.69) is 29.4 Å². The zero-order chi connectivity index (χ0) is 13.8. The largest absolute Gasteiger partial charge is 0.495 e. The average molecular weight is 261 g/mol. The summed E-state index contributed by atoms with van der Waals surface area (Å²) in [5.41, 5.74) is 7.40. The molecule has 0 amide bonds. The van der Waals surface area contributed by atoms with E-state index in [4.69, 9.17) is 10.5 Å². The van der Waals surface area contributed by atoms with E-state index in [1.807, 2.05) is 22.9 Å². The maximum absolute atomic E-state index is 5.92. The first-order valence-corrected chi connectivity index (χ1v) is 6.39. The third-order valence-electron chi connectivity index (χ3n) is 3.10. The van der Waals surface area contributed by atoms with Crippen molar-refractivity contribution in [2.75, 3.05) is 12.8 Å². The van der Waals surface area contributed by atoms with Gasteiger partial charge >= 0.3 is 0 Å². The second-order valence-electron chi connectivity index (χ2n) is 4.54. The lowest BCUT2D eigenvalue weighted by atomic mass is 10.1. The van der Waals surface area contributed by atoms with Crippen LogP contribution in [-0.2, 0) is 0 Å². The Hall–Kier alpha value is -2.11. The van der Waals surface area contributed by atoms with Crippen LogP contribution in [0, 0.1) is 0 Å². The van der Waals surface area contributed by atoms with Crippen LogP contribution in [0.4, 0.5) is 5.69 Å². The highest BCUT2D eigenvalue weighted by atomic mass is 16.5. The molecule has 6 nitrogen and oxygen atoms in total. The molecule has 1 atom stereocenters. The molecule has 0 aliphatic carbocycles. The number of tetrazole rings is 1. The van der Waals surface area contributed by atoms with Gasteiger partial charge in [0.1, 0.15) is 5.75 Å². The summed E-state index contributed by atoms with van der Waals surface area (Å²) in [6, 6.07) is 5.84. The maximum atomic E-state index is 5.92. The van der Waals surface area contributed by atoms with Gasteiger partial charge in [-0.3, -0.25) is 0 Å². The van der Waals surface area contributed by atoms with Crippen LogP contribution in [0.5, 0.6) is 5.75 Å². The summed E-state index contributed by atoms with van der Waals surface area (Å²) in [7, 11) is 1.60. The van der Waals surface area contributed by atoms with Gasteiger partial charge in [-0.15, -0.1) is 5.10 Å². The van der Waals surface area contributed by atoms with Gasteiger partial charge in [0.15, 0.2) is 5.82 Å². The Morgan fingerprint density at radius 3 is 2.84 bits per heavy atom. The van der Waals surface area contributed by atoms with Crippen LogP contribution < -0.4 is 10.5 Å². The summed E-state index contributed by atoms with van der Waals surface area (Å²) in [6.45, 7) is 4.25. The number of hydrogen-bond donors (Lipinski definition) is 1. The summed E-state index contributed by atoms with van der Waals surface area (Å²) in [4.78, 5) is 0. The van der Waals surface area contributed by atoms with Crippen molar-refractivity contribution >= 4 is 5.69 Å². The Morgan fingerprint density at radius 2 is 2.21 bits per heavy atom. The van der Waals surface area contributed by atoms with Crippen molar-refractivity contribution in [1.29, 1.82) is 0 Å². The van der Waals surface area contributed by atoms with E-state index < -0.39 is 0 Å². The van der Waals surface area contributed by atoms with Crippen LogP contribution in [-0.4, -0.2) is 27.3 Å². The van der Waals surface area contributed by atoms with Gasteiger partial charge < -0.3 is 10.5 Å². The molecule has 2 rings (SSSR count). The summed E-state index contributed by atoms with van der Waals surface area (Å²) in [5.74, 6) is 1.39. The number of aromatic nitrogens is 4. The number of methoxy groups -OCH3 is 1. The lowest BCUT2D eigenvalue weighted by molar-refractivity contribution is 0.417. The number of nitrogens with zero attached hydrogens (tertiary/aromatic N) is 4. The molecule has 0 fully saturated rings. The molecule has 1 unspecified atom stereocenters. The highest BCUT2D eigenvalue weighted by molar-refractivity contribution is 5.66. The monoisotopic (exact) mass is 261 g/mol. The minimum atomic E-state index is 0.262. The number of anilines is 1. The fourth-order valence-electron chi connectivity index (χ4n) is 2.09. The Bertz CT molecular complexity index is 552. The standard InChI is InChI=1S/C13H19N5O/c1-4-5-9(2)18-13(15-16-17-18)10-6-7-12(19-3)11(14)8-10/h6-9H,4-5,14H2,1-3H3. The molecule has 2 N–H and O–H groups in total. The zero-order valence-electron chi connectivity index (χ0n) is 11.5. The normalized spacial score (nSPS) is 12.4. The number of nitrogens with two attached hydrogens (primary N) is 1. The lowest BCUT2D eigenvalue weighted by Gasteiger charge is -2.13. The van der Waals surface area contributed by atoms with Gasteiger partial charge in [0, 0.05) is 5.56 Å². The van der Waals surface area contributed by atoms with Gasteiger partial charge in [-0.2, -0.15) is 0 Å². The Kier molecular flexibility index (Phi) is 3.99. The highest BCUT2D eigenvalue weighted by Crippen LogP contribution is 2.28. The first-order valence-electron chi connectivity index (χ1n) is 6.39. The fraction of sp³-hybridized carbons (Fsp3) is 0.462. The van der Waals surface area contributed by atoms with Crippen molar-refractivity contribution < 1.29 is 4.74 Å². The van der Waals surface area contributed by atoms with E-state index in [1.165, 1.54) is 0 Å². The molecular weight excluding hydrogens is 242 g/mol. The van der Waals surface area contributed by atoms with E-state index in [-0.39, 0.29) is 6.04 Å². The smallest absolute Gasteiger partial charge is 0.182 e. The van der Waals surface area contributed by atoms with Crippen molar-refractivity contribution in [2.45, 2.75) is 32.7 Å². The number of rotatable bonds is 5. The van der Waals surface area contributed by atoms with Crippen molar-refractivity contribution in [1.82, 2.24) is 20.2 Å². The first kappa shape index (κ1) is 13.3. The summed E-state index contributed by atoms with van der Waals surface area (Å²) < 4.78 is 6.99.